The molecule has 130 valence electrons. The van der Waals surface area contributed by atoms with E-state index >= 15 is 0 Å². The third-order valence-corrected chi connectivity index (χ3v) is 7.06. The fourth-order valence-electron chi connectivity index (χ4n) is 6.05. The first-order valence-corrected chi connectivity index (χ1v) is 9.07. The van der Waals surface area contributed by atoms with Gasteiger partial charge in [-0.1, -0.05) is 6.07 Å². The Bertz CT molecular complexity index is 684. The molecule has 2 bridgehead atoms. The molecular weight excluding hydrogens is 306 g/mol. The number of ether oxygens (including phenoxy) is 2. The molecule has 2 aliphatic heterocycles. The van der Waals surface area contributed by atoms with Crippen molar-refractivity contribution in [1.82, 2.24) is 4.90 Å². The largest absolute Gasteiger partial charge is 0.504 e. The van der Waals surface area contributed by atoms with Gasteiger partial charge >= 0.3 is 0 Å². The maximum absolute atomic E-state index is 10.7. The van der Waals surface area contributed by atoms with Crippen LogP contribution >= 0.6 is 0 Å². The van der Waals surface area contributed by atoms with E-state index in [1.807, 2.05) is 6.07 Å². The quantitative estimate of drug-likeness (QED) is 0.713. The highest BCUT2D eigenvalue weighted by Crippen LogP contribution is 2.61. The number of hydrogen-bond acceptors (Lipinski definition) is 5. The molecule has 24 heavy (non-hydrogen) atoms. The number of nitrogens with zero attached hydrogens (tertiary/aromatic N) is 1. The van der Waals surface area contributed by atoms with Crippen molar-refractivity contribution in [3.8, 4) is 11.5 Å². The Morgan fingerprint density at radius 3 is 2.75 bits per heavy atom. The van der Waals surface area contributed by atoms with Crippen molar-refractivity contribution in [3.05, 3.63) is 23.3 Å². The van der Waals surface area contributed by atoms with Gasteiger partial charge in [0.25, 0.3) is 0 Å². The number of likely N-dealkylation sites (N-methyl/N-ethyl adjacent to an activating group) is 1. The van der Waals surface area contributed by atoms with E-state index in [0.717, 1.165) is 44.2 Å². The Labute approximate surface area is 142 Å². The summed E-state index contributed by atoms with van der Waals surface area (Å²) in [4.78, 5) is 2.48. The Morgan fingerprint density at radius 1 is 1.17 bits per heavy atom. The van der Waals surface area contributed by atoms with E-state index in [1.54, 1.807) is 6.07 Å². The summed E-state index contributed by atoms with van der Waals surface area (Å²) in [5.74, 6) is 0.0567. The molecule has 0 radical (unpaired) electrons. The van der Waals surface area contributed by atoms with Crippen LogP contribution in [0.25, 0.3) is 0 Å². The zero-order valence-corrected chi connectivity index (χ0v) is 14.1. The van der Waals surface area contributed by atoms with E-state index in [0.29, 0.717) is 25.2 Å². The predicted molar refractivity (Wildman–Crippen MR) is 88.2 cm³/mol. The molecule has 1 aromatic rings. The Kier molecular flexibility index (Phi) is 3.04. The molecule has 1 spiro atoms. The van der Waals surface area contributed by atoms with Crippen molar-refractivity contribution in [2.75, 3.05) is 26.8 Å². The molecule has 1 aromatic carbocycles. The lowest BCUT2D eigenvalue weighted by atomic mass is 9.51. The molecule has 5 heteroatoms. The van der Waals surface area contributed by atoms with Crippen LogP contribution in [-0.4, -0.2) is 53.7 Å². The highest BCUT2D eigenvalue weighted by atomic mass is 16.7. The van der Waals surface area contributed by atoms with Crippen molar-refractivity contribution in [2.24, 2.45) is 5.92 Å². The molecule has 2 heterocycles. The topological polar surface area (TPSA) is 62.2 Å². The summed E-state index contributed by atoms with van der Waals surface area (Å²) in [6.45, 7) is 2.32. The number of phenolic OH excluding ortho intramolecular Hbond substituents is 2. The second kappa shape index (κ2) is 4.87. The lowest BCUT2D eigenvalue weighted by Gasteiger charge is -2.60. The minimum Gasteiger partial charge on any atom is -0.504 e. The van der Waals surface area contributed by atoms with Gasteiger partial charge in [0.2, 0.25) is 0 Å². The lowest BCUT2D eigenvalue weighted by molar-refractivity contribution is -0.213. The minimum absolute atomic E-state index is 0.00728. The van der Waals surface area contributed by atoms with Gasteiger partial charge in [0.05, 0.1) is 13.2 Å². The van der Waals surface area contributed by atoms with Crippen LogP contribution in [0.3, 0.4) is 0 Å². The lowest BCUT2D eigenvalue weighted by Crippen LogP contribution is -2.63. The first-order chi connectivity index (χ1) is 11.5. The van der Waals surface area contributed by atoms with Crippen LogP contribution in [0.5, 0.6) is 11.5 Å². The number of phenols is 2. The van der Waals surface area contributed by atoms with Gasteiger partial charge in [0, 0.05) is 29.9 Å². The maximum atomic E-state index is 10.7. The van der Waals surface area contributed by atoms with Crippen LogP contribution in [0.2, 0.25) is 0 Å². The fourth-order valence-corrected chi connectivity index (χ4v) is 6.05. The molecular formula is C19H25NO4. The van der Waals surface area contributed by atoms with Crippen LogP contribution < -0.4 is 0 Å². The standard InChI is InChI=1S/C19H25NO4/c1-20-7-6-18-11-19(23-8-9-24-19)5-4-13(18)14(20)10-12-2-3-15(21)17(22)16(12)18/h2-3,13-14,21-22H,4-11H2,1H3. The van der Waals surface area contributed by atoms with Crippen molar-refractivity contribution >= 4 is 0 Å². The Morgan fingerprint density at radius 2 is 1.96 bits per heavy atom. The molecule has 1 saturated carbocycles. The summed E-state index contributed by atoms with van der Waals surface area (Å²) in [6, 6.07) is 4.11. The smallest absolute Gasteiger partial charge is 0.169 e. The predicted octanol–water partition coefficient (Wildman–Crippen LogP) is 2.14. The summed E-state index contributed by atoms with van der Waals surface area (Å²) >= 11 is 0. The number of benzene rings is 1. The third-order valence-electron chi connectivity index (χ3n) is 7.06. The monoisotopic (exact) mass is 331 g/mol. The van der Waals surface area contributed by atoms with Gasteiger partial charge < -0.3 is 24.6 Å². The summed E-state index contributed by atoms with van der Waals surface area (Å²) in [5.41, 5.74) is 1.99. The number of fused-ring (bicyclic) bond motifs is 1. The van der Waals surface area contributed by atoms with Gasteiger partial charge in [0.15, 0.2) is 17.3 Å². The second-order valence-electron chi connectivity index (χ2n) is 8.06. The molecule has 2 saturated heterocycles. The van der Waals surface area contributed by atoms with E-state index in [2.05, 4.69) is 11.9 Å². The molecule has 4 aliphatic rings. The number of rotatable bonds is 0. The summed E-state index contributed by atoms with van der Waals surface area (Å²) in [5, 5.41) is 20.9. The van der Waals surface area contributed by atoms with Gasteiger partial charge in [-0.05, 0) is 50.4 Å². The van der Waals surface area contributed by atoms with Crippen LogP contribution in [0, 0.1) is 5.92 Å². The highest BCUT2D eigenvalue weighted by molar-refractivity contribution is 5.56. The number of likely N-dealkylation sites (tertiary alicyclic amines) is 1. The average Bonchev–Trinajstić information content (AvgIpc) is 3.01. The summed E-state index contributed by atoms with van der Waals surface area (Å²) < 4.78 is 12.1. The van der Waals surface area contributed by atoms with E-state index in [9.17, 15) is 10.2 Å². The average molecular weight is 331 g/mol. The van der Waals surface area contributed by atoms with Crippen molar-refractivity contribution < 1.29 is 19.7 Å². The van der Waals surface area contributed by atoms with Crippen LogP contribution in [0.15, 0.2) is 12.1 Å². The van der Waals surface area contributed by atoms with Gasteiger partial charge in [-0.25, -0.2) is 0 Å². The van der Waals surface area contributed by atoms with E-state index in [1.165, 1.54) is 5.56 Å². The second-order valence-corrected chi connectivity index (χ2v) is 8.06. The molecule has 3 fully saturated rings. The first-order valence-electron chi connectivity index (χ1n) is 9.07. The number of piperidine rings is 1. The van der Waals surface area contributed by atoms with Crippen molar-refractivity contribution in [3.63, 3.8) is 0 Å². The molecule has 0 aromatic heterocycles. The fraction of sp³-hybridized carbons (Fsp3) is 0.684. The van der Waals surface area contributed by atoms with E-state index in [-0.39, 0.29) is 16.9 Å². The van der Waals surface area contributed by atoms with Crippen LogP contribution in [0.4, 0.5) is 0 Å². The Balaban J connectivity index is 1.70. The molecule has 3 unspecified atom stereocenters. The van der Waals surface area contributed by atoms with E-state index in [4.69, 9.17) is 9.47 Å². The maximum Gasteiger partial charge on any atom is 0.169 e. The summed E-state index contributed by atoms with van der Waals surface area (Å²) in [7, 11) is 2.22. The van der Waals surface area contributed by atoms with Crippen LogP contribution in [-0.2, 0) is 21.3 Å². The molecule has 3 atom stereocenters. The minimum atomic E-state index is -0.497. The number of aromatic hydroxyl groups is 2. The zero-order chi connectivity index (χ0) is 16.5. The zero-order valence-electron chi connectivity index (χ0n) is 14.1. The van der Waals surface area contributed by atoms with Gasteiger partial charge in [-0.3, -0.25) is 0 Å². The number of hydrogen-bond donors (Lipinski definition) is 2. The first kappa shape index (κ1) is 15.0. The molecule has 5 rings (SSSR count). The molecule has 2 N–H and O–H groups in total. The van der Waals surface area contributed by atoms with Gasteiger partial charge in [-0.15, -0.1) is 0 Å². The van der Waals surface area contributed by atoms with Gasteiger partial charge in [0.1, 0.15) is 0 Å². The highest BCUT2D eigenvalue weighted by Gasteiger charge is 2.61. The molecule has 5 nitrogen and oxygen atoms in total. The SMILES string of the molecule is CN1CCC23CC4(CCC2C1Cc1ccc(O)c(O)c13)OCCO4. The van der Waals surface area contributed by atoms with Crippen molar-refractivity contribution in [2.45, 2.75) is 49.3 Å². The third kappa shape index (κ3) is 1.81. The summed E-state index contributed by atoms with van der Waals surface area (Å²) in [6.07, 6.45) is 4.69. The van der Waals surface area contributed by atoms with E-state index < -0.39 is 5.79 Å². The van der Waals surface area contributed by atoms with Gasteiger partial charge in [-0.2, -0.15) is 0 Å². The molecule has 2 aliphatic carbocycles. The molecule has 0 amide bonds. The van der Waals surface area contributed by atoms with Crippen molar-refractivity contribution in [1.29, 1.82) is 0 Å². The normalized spacial score (nSPS) is 37.2. The Hall–Kier alpha value is -1.30. The van der Waals surface area contributed by atoms with Crippen LogP contribution in [0.1, 0.15) is 36.8 Å².